The summed E-state index contributed by atoms with van der Waals surface area (Å²) in [5, 5.41) is 21.7. The first kappa shape index (κ1) is 20.9. The van der Waals surface area contributed by atoms with E-state index < -0.39 is 5.54 Å². The van der Waals surface area contributed by atoms with E-state index in [0.29, 0.717) is 10.6 Å². The van der Waals surface area contributed by atoms with Gasteiger partial charge in [0.25, 0.3) is 5.91 Å². The van der Waals surface area contributed by atoms with Gasteiger partial charge in [-0.25, -0.2) is 4.68 Å². The molecule has 1 aromatic heterocycles. The first-order valence-corrected chi connectivity index (χ1v) is 10.3. The highest BCUT2D eigenvalue weighted by Gasteiger charge is 2.20. The number of aliphatic hydroxyl groups excluding tert-OH is 1. The Morgan fingerprint density at radius 2 is 1.90 bits per heavy atom. The van der Waals surface area contributed by atoms with Crippen molar-refractivity contribution in [2.75, 3.05) is 11.9 Å². The van der Waals surface area contributed by atoms with Crippen molar-refractivity contribution < 1.29 is 9.90 Å². The summed E-state index contributed by atoms with van der Waals surface area (Å²) in [6.45, 7) is 3.39. The van der Waals surface area contributed by atoms with E-state index in [4.69, 9.17) is 11.6 Å². The number of rotatable bonds is 6. The second-order valence-corrected chi connectivity index (χ2v) is 8.39. The van der Waals surface area contributed by atoms with Crippen molar-refractivity contribution in [3.63, 3.8) is 0 Å². The van der Waals surface area contributed by atoms with Gasteiger partial charge in [-0.15, -0.1) is 0 Å². The predicted octanol–water partition coefficient (Wildman–Crippen LogP) is 4.92. The third-order valence-corrected chi connectivity index (χ3v) is 5.25. The molecule has 0 saturated heterocycles. The van der Waals surface area contributed by atoms with E-state index in [9.17, 15) is 9.90 Å². The van der Waals surface area contributed by atoms with Gasteiger partial charge in [-0.1, -0.05) is 29.8 Å². The van der Waals surface area contributed by atoms with Crippen LogP contribution in [0.15, 0.2) is 72.9 Å². The highest BCUT2D eigenvalue weighted by molar-refractivity contribution is 6.33. The standard InChI is InChI=1S/C24H23ClN4O2/c1-24(2,15-30)28-23(31)16-6-5-7-19(13-16)29-22-11-10-18(12-17(22)14-26-29)27-21-9-4-3-8-20(21)25/h3-14,27,30H,15H2,1-2H3,(H,28,31). The molecule has 0 saturated carbocycles. The number of anilines is 2. The van der Waals surface area contributed by atoms with Gasteiger partial charge in [-0.2, -0.15) is 5.10 Å². The maximum atomic E-state index is 12.6. The van der Waals surface area contributed by atoms with Crippen molar-refractivity contribution in [3.8, 4) is 5.69 Å². The minimum absolute atomic E-state index is 0.146. The van der Waals surface area contributed by atoms with E-state index in [0.717, 1.165) is 28.0 Å². The van der Waals surface area contributed by atoms with Crippen LogP contribution in [-0.2, 0) is 0 Å². The first-order valence-electron chi connectivity index (χ1n) is 9.89. The molecule has 4 rings (SSSR count). The molecule has 0 aliphatic carbocycles. The zero-order chi connectivity index (χ0) is 22.0. The smallest absolute Gasteiger partial charge is 0.251 e. The summed E-state index contributed by atoms with van der Waals surface area (Å²) in [6, 6.07) is 20.8. The average molecular weight is 435 g/mol. The molecule has 0 unspecified atom stereocenters. The number of fused-ring (bicyclic) bond motifs is 1. The molecule has 31 heavy (non-hydrogen) atoms. The number of benzene rings is 3. The Hall–Kier alpha value is -3.35. The summed E-state index contributed by atoms with van der Waals surface area (Å²) in [6.07, 6.45) is 1.79. The summed E-state index contributed by atoms with van der Waals surface area (Å²) < 4.78 is 1.79. The zero-order valence-corrected chi connectivity index (χ0v) is 18.0. The van der Waals surface area contributed by atoms with Gasteiger partial charge < -0.3 is 15.7 Å². The molecule has 3 N–H and O–H groups in total. The molecule has 0 aliphatic rings. The quantitative estimate of drug-likeness (QED) is 0.402. The molecular weight excluding hydrogens is 412 g/mol. The van der Waals surface area contributed by atoms with Crippen LogP contribution >= 0.6 is 11.6 Å². The normalized spacial score (nSPS) is 11.5. The predicted molar refractivity (Wildman–Crippen MR) is 124 cm³/mol. The van der Waals surface area contributed by atoms with E-state index in [1.54, 1.807) is 36.9 Å². The van der Waals surface area contributed by atoms with Gasteiger partial charge in [0, 0.05) is 16.6 Å². The van der Waals surface area contributed by atoms with E-state index in [1.165, 1.54) is 0 Å². The molecule has 1 heterocycles. The Morgan fingerprint density at radius 1 is 1.10 bits per heavy atom. The Balaban J connectivity index is 1.62. The van der Waals surface area contributed by atoms with Gasteiger partial charge >= 0.3 is 0 Å². The molecule has 4 aromatic rings. The zero-order valence-electron chi connectivity index (χ0n) is 17.3. The van der Waals surface area contributed by atoms with Crippen molar-refractivity contribution in [2.24, 2.45) is 0 Å². The van der Waals surface area contributed by atoms with Crippen LogP contribution < -0.4 is 10.6 Å². The number of amides is 1. The molecule has 6 nitrogen and oxygen atoms in total. The topological polar surface area (TPSA) is 79.2 Å². The highest BCUT2D eigenvalue weighted by Crippen LogP contribution is 2.28. The van der Waals surface area contributed by atoms with E-state index >= 15 is 0 Å². The SMILES string of the molecule is CC(C)(CO)NC(=O)c1cccc(-n2ncc3cc(Nc4ccccc4Cl)ccc32)c1. The van der Waals surface area contributed by atoms with Crippen molar-refractivity contribution in [3.05, 3.63) is 83.5 Å². The fraction of sp³-hybridized carbons (Fsp3) is 0.167. The molecule has 158 valence electrons. The monoisotopic (exact) mass is 434 g/mol. The largest absolute Gasteiger partial charge is 0.394 e. The molecule has 0 spiro atoms. The number of hydrogen-bond donors (Lipinski definition) is 3. The number of hydrogen-bond acceptors (Lipinski definition) is 4. The van der Waals surface area contributed by atoms with Crippen LogP contribution in [0, 0.1) is 0 Å². The van der Waals surface area contributed by atoms with Crippen molar-refractivity contribution in [2.45, 2.75) is 19.4 Å². The van der Waals surface area contributed by atoms with Crippen molar-refractivity contribution >= 4 is 39.8 Å². The summed E-state index contributed by atoms with van der Waals surface area (Å²) in [5.41, 5.74) is 3.23. The number of nitrogens with one attached hydrogen (secondary N) is 2. The third-order valence-electron chi connectivity index (χ3n) is 4.92. The molecule has 0 aliphatic heterocycles. The molecule has 0 bridgehead atoms. The number of aliphatic hydroxyl groups is 1. The Labute approximate surface area is 185 Å². The number of nitrogens with zero attached hydrogens (tertiary/aromatic N) is 2. The second-order valence-electron chi connectivity index (χ2n) is 7.98. The lowest BCUT2D eigenvalue weighted by Gasteiger charge is -2.23. The van der Waals surface area contributed by atoms with Crippen LogP contribution in [0.4, 0.5) is 11.4 Å². The van der Waals surface area contributed by atoms with Gasteiger partial charge in [0.1, 0.15) is 0 Å². The number of carbonyl (C=O) groups excluding carboxylic acids is 1. The molecule has 0 radical (unpaired) electrons. The van der Waals surface area contributed by atoms with E-state index in [1.807, 2.05) is 54.6 Å². The Kier molecular flexibility index (Phi) is 5.67. The van der Waals surface area contributed by atoms with Crippen LogP contribution in [0.3, 0.4) is 0 Å². The lowest BCUT2D eigenvalue weighted by Crippen LogP contribution is -2.46. The molecule has 1 amide bonds. The third kappa shape index (κ3) is 4.55. The fourth-order valence-electron chi connectivity index (χ4n) is 3.23. The summed E-state index contributed by atoms with van der Waals surface area (Å²) in [5.74, 6) is -0.247. The fourth-order valence-corrected chi connectivity index (χ4v) is 3.42. The van der Waals surface area contributed by atoms with Crippen molar-refractivity contribution in [1.29, 1.82) is 0 Å². The maximum absolute atomic E-state index is 12.6. The summed E-state index contributed by atoms with van der Waals surface area (Å²) in [4.78, 5) is 12.6. The van der Waals surface area contributed by atoms with E-state index in [2.05, 4.69) is 15.7 Å². The summed E-state index contributed by atoms with van der Waals surface area (Å²) in [7, 11) is 0. The van der Waals surface area contributed by atoms with Gasteiger partial charge in [0.2, 0.25) is 0 Å². The first-order chi connectivity index (χ1) is 14.9. The van der Waals surface area contributed by atoms with Gasteiger partial charge in [-0.05, 0) is 62.4 Å². The molecular formula is C24H23ClN4O2. The van der Waals surface area contributed by atoms with Gasteiger partial charge in [0.15, 0.2) is 0 Å². The Morgan fingerprint density at radius 3 is 2.68 bits per heavy atom. The van der Waals surface area contributed by atoms with Crippen LogP contribution in [0.25, 0.3) is 16.6 Å². The molecule has 3 aromatic carbocycles. The van der Waals surface area contributed by atoms with Crippen LogP contribution in [0.5, 0.6) is 0 Å². The van der Waals surface area contributed by atoms with Crippen LogP contribution in [-0.4, -0.2) is 32.9 Å². The number of halogens is 1. The minimum atomic E-state index is -0.698. The van der Waals surface area contributed by atoms with Gasteiger partial charge in [0.05, 0.1) is 40.3 Å². The number of carbonyl (C=O) groups is 1. The highest BCUT2D eigenvalue weighted by atomic mass is 35.5. The molecule has 0 atom stereocenters. The number of aromatic nitrogens is 2. The lowest BCUT2D eigenvalue weighted by molar-refractivity contribution is 0.0869. The summed E-state index contributed by atoms with van der Waals surface area (Å²) >= 11 is 6.24. The average Bonchev–Trinajstić information content (AvgIpc) is 3.18. The van der Waals surface area contributed by atoms with Crippen LogP contribution in [0.2, 0.25) is 5.02 Å². The van der Waals surface area contributed by atoms with Crippen LogP contribution in [0.1, 0.15) is 24.2 Å². The lowest BCUT2D eigenvalue weighted by atomic mass is 10.1. The molecule has 7 heteroatoms. The Bertz CT molecular complexity index is 1250. The maximum Gasteiger partial charge on any atom is 0.251 e. The van der Waals surface area contributed by atoms with Crippen molar-refractivity contribution in [1.82, 2.24) is 15.1 Å². The minimum Gasteiger partial charge on any atom is -0.394 e. The number of para-hydroxylation sites is 1. The van der Waals surface area contributed by atoms with E-state index in [-0.39, 0.29) is 12.5 Å². The van der Waals surface area contributed by atoms with Gasteiger partial charge in [-0.3, -0.25) is 4.79 Å². The molecule has 0 fully saturated rings. The second kappa shape index (κ2) is 8.41.